The van der Waals surface area contributed by atoms with E-state index >= 15 is 0 Å². The summed E-state index contributed by atoms with van der Waals surface area (Å²) in [6.45, 7) is 1.88. The molecular weight excluding hydrogens is 288 g/mol. The van der Waals surface area contributed by atoms with Crippen molar-refractivity contribution < 1.29 is 4.79 Å². The Hall–Kier alpha value is -2.53. The van der Waals surface area contributed by atoms with E-state index in [9.17, 15) is 4.79 Å². The number of amides is 1. The van der Waals surface area contributed by atoms with Crippen molar-refractivity contribution in [3.63, 3.8) is 0 Å². The molecule has 0 saturated heterocycles. The standard InChI is InChI=1S/C15H13ClN4O/c1-8-3-2-4-11(16)13(8)18-15(21)14-10-7-9(17)5-6-12(10)19-20-14/h2-7H,17H2,1H3,(H,18,21)(H,19,20). The molecular formula is C15H13ClN4O. The van der Waals surface area contributed by atoms with Gasteiger partial charge < -0.3 is 11.1 Å². The van der Waals surface area contributed by atoms with Crippen LogP contribution in [0.1, 0.15) is 16.1 Å². The predicted molar refractivity (Wildman–Crippen MR) is 84.6 cm³/mol. The third-order valence-corrected chi connectivity index (χ3v) is 3.58. The number of aromatic amines is 1. The van der Waals surface area contributed by atoms with E-state index in [2.05, 4.69) is 15.5 Å². The van der Waals surface area contributed by atoms with Crippen LogP contribution in [-0.2, 0) is 0 Å². The van der Waals surface area contributed by atoms with Crippen LogP contribution in [0.25, 0.3) is 10.9 Å². The number of hydrogen-bond acceptors (Lipinski definition) is 3. The molecule has 3 rings (SSSR count). The van der Waals surface area contributed by atoms with E-state index in [1.165, 1.54) is 0 Å². The minimum Gasteiger partial charge on any atom is -0.399 e. The molecule has 0 bridgehead atoms. The number of carbonyl (C=O) groups excluding carboxylic acids is 1. The maximum atomic E-state index is 12.4. The van der Waals surface area contributed by atoms with E-state index in [0.717, 1.165) is 11.1 Å². The molecule has 0 radical (unpaired) electrons. The van der Waals surface area contributed by atoms with Crippen LogP contribution >= 0.6 is 11.6 Å². The fourth-order valence-electron chi connectivity index (χ4n) is 2.17. The number of fused-ring (bicyclic) bond motifs is 1. The third-order valence-electron chi connectivity index (χ3n) is 3.26. The van der Waals surface area contributed by atoms with Gasteiger partial charge in [0.25, 0.3) is 5.91 Å². The van der Waals surface area contributed by atoms with Gasteiger partial charge in [0.15, 0.2) is 5.69 Å². The van der Waals surface area contributed by atoms with Gasteiger partial charge in [0.2, 0.25) is 0 Å². The lowest BCUT2D eigenvalue weighted by Gasteiger charge is -2.09. The van der Waals surface area contributed by atoms with Crippen molar-refractivity contribution in [1.82, 2.24) is 10.2 Å². The number of aryl methyl sites for hydroxylation is 1. The van der Waals surface area contributed by atoms with Gasteiger partial charge in [0.1, 0.15) is 0 Å². The number of aromatic nitrogens is 2. The van der Waals surface area contributed by atoms with Gasteiger partial charge in [0.05, 0.1) is 16.2 Å². The molecule has 0 spiro atoms. The van der Waals surface area contributed by atoms with Crippen LogP contribution in [0.2, 0.25) is 5.02 Å². The van der Waals surface area contributed by atoms with E-state index in [1.54, 1.807) is 24.3 Å². The molecule has 0 aliphatic heterocycles. The third kappa shape index (κ3) is 2.43. The van der Waals surface area contributed by atoms with Gasteiger partial charge in [-0.05, 0) is 36.8 Å². The first kappa shape index (κ1) is 13.5. The molecule has 0 fully saturated rings. The van der Waals surface area contributed by atoms with Crippen molar-refractivity contribution in [3.05, 3.63) is 52.7 Å². The zero-order valence-electron chi connectivity index (χ0n) is 11.3. The highest BCUT2D eigenvalue weighted by Crippen LogP contribution is 2.26. The van der Waals surface area contributed by atoms with Gasteiger partial charge in [-0.1, -0.05) is 23.7 Å². The fraction of sp³-hybridized carbons (Fsp3) is 0.0667. The largest absolute Gasteiger partial charge is 0.399 e. The highest BCUT2D eigenvalue weighted by atomic mass is 35.5. The number of nitrogens with two attached hydrogens (primary N) is 1. The van der Waals surface area contributed by atoms with Crippen molar-refractivity contribution >= 4 is 39.8 Å². The van der Waals surface area contributed by atoms with Crippen molar-refractivity contribution in [3.8, 4) is 0 Å². The maximum absolute atomic E-state index is 12.4. The van der Waals surface area contributed by atoms with Gasteiger partial charge in [-0.2, -0.15) is 5.10 Å². The molecule has 21 heavy (non-hydrogen) atoms. The Morgan fingerprint density at radius 1 is 1.33 bits per heavy atom. The van der Waals surface area contributed by atoms with Crippen LogP contribution < -0.4 is 11.1 Å². The topological polar surface area (TPSA) is 83.8 Å². The van der Waals surface area contributed by atoms with Crippen LogP contribution in [0.4, 0.5) is 11.4 Å². The molecule has 6 heteroatoms. The van der Waals surface area contributed by atoms with E-state index in [0.29, 0.717) is 21.8 Å². The molecule has 5 nitrogen and oxygen atoms in total. The number of halogens is 1. The average Bonchev–Trinajstić information content (AvgIpc) is 2.86. The number of nitrogens with one attached hydrogen (secondary N) is 2. The monoisotopic (exact) mass is 300 g/mol. The summed E-state index contributed by atoms with van der Waals surface area (Å²) in [6.07, 6.45) is 0. The second-order valence-electron chi connectivity index (χ2n) is 4.76. The highest BCUT2D eigenvalue weighted by molar-refractivity contribution is 6.34. The number of benzene rings is 2. The first-order valence-corrected chi connectivity index (χ1v) is 6.74. The molecule has 1 amide bonds. The second kappa shape index (κ2) is 5.10. The molecule has 3 aromatic rings. The number of carbonyl (C=O) groups is 1. The summed E-state index contributed by atoms with van der Waals surface area (Å²) in [6, 6.07) is 10.7. The SMILES string of the molecule is Cc1cccc(Cl)c1NC(=O)c1n[nH]c2ccc(N)cc12. The Balaban J connectivity index is 2.00. The lowest BCUT2D eigenvalue weighted by molar-refractivity contribution is 0.102. The zero-order chi connectivity index (χ0) is 15.0. The Morgan fingerprint density at radius 2 is 2.14 bits per heavy atom. The second-order valence-corrected chi connectivity index (χ2v) is 5.17. The molecule has 0 aliphatic rings. The Kier molecular flexibility index (Phi) is 3.27. The van der Waals surface area contributed by atoms with Gasteiger partial charge in [-0.3, -0.25) is 9.89 Å². The number of nitrogens with zero attached hydrogens (tertiary/aromatic N) is 1. The van der Waals surface area contributed by atoms with Crippen molar-refractivity contribution in [2.75, 3.05) is 11.1 Å². The normalized spacial score (nSPS) is 10.8. The molecule has 106 valence electrons. The molecule has 1 heterocycles. The summed E-state index contributed by atoms with van der Waals surface area (Å²) in [5.74, 6) is -0.331. The fourth-order valence-corrected chi connectivity index (χ4v) is 2.44. The number of H-pyrrole nitrogens is 1. The van der Waals surface area contributed by atoms with Gasteiger partial charge in [-0.25, -0.2) is 0 Å². The number of hydrogen-bond donors (Lipinski definition) is 3. The quantitative estimate of drug-likeness (QED) is 0.634. The van der Waals surface area contributed by atoms with Crippen LogP contribution in [0.3, 0.4) is 0 Å². The zero-order valence-corrected chi connectivity index (χ0v) is 12.0. The van der Waals surface area contributed by atoms with Crippen LogP contribution in [0.15, 0.2) is 36.4 Å². The van der Waals surface area contributed by atoms with Gasteiger partial charge >= 0.3 is 0 Å². The van der Waals surface area contributed by atoms with Gasteiger partial charge in [-0.15, -0.1) is 0 Å². The van der Waals surface area contributed by atoms with Crippen LogP contribution in [-0.4, -0.2) is 16.1 Å². The van der Waals surface area contributed by atoms with Crippen molar-refractivity contribution in [2.45, 2.75) is 6.92 Å². The Labute approximate surface area is 126 Å². The number of para-hydroxylation sites is 1. The Bertz CT molecular complexity index is 821. The van der Waals surface area contributed by atoms with Gasteiger partial charge in [0, 0.05) is 11.1 Å². The summed E-state index contributed by atoms with van der Waals surface area (Å²) in [5, 5.41) is 10.8. The highest BCUT2D eigenvalue weighted by Gasteiger charge is 2.16. The van der Waals surface area contributed by atoms with Crippen LogP contribution in [0, 0.1) is 6.92 Å². The first-order chi connectivity index (χ1) is 10.1. The molecule has 0 atom stereocenters. The molecule has 0 unspecified atom stereocenters. The smallest absolute Gasteiger partial charge is 0.276 e. The maximum Gasteiger partial charge on any atom is 0.276 e. The average molecular weight is 301 g/mol. The number of anilines is 2. The Morgan fingerprint density at radius 3 is 2.90 bits per heavy atom. The summed E-state index contributed by atoms with van der Waals surface area (Å²) < 4.78 is 0. The molecule has 2 aromatic carbocycles. The molecule has 1 aromatic heterocycles. The molecule has 4 N–H and O–H groups in total. The van der Waals surface area contributed by atoms with E-state index < -0.39 is 0 Å². The molecule has 0 aliphatic carbocycles. The minimum atomic E-state index is -0.331. The van der Waals surface area contributed by atoms with E-state index in [-0.39, 0.29) is 11.6 Å². The van der Waals surface area contributed by atoms with Crippen LogP contribution in [0.5, 0.6) is 0 Å². The van der Waals surface area contributed by atoms with E-state index in [4.69, 9.17) is 17.3 Å². The van der Waals surface area contributed by atoms with Crippen molar-refractivity contribution in [1.29, 1.82) is 0 Å². The minimum absolute atomic E-state index is 0.289. The molecule has 0 saturated carbocycles. The predicted octanol–water partition coefficient (Wildman–Crippen LogP) is 3.36. The summed E-state index contributed by atoms with van der Waals surface area (Å²) in [7, 11) is 0. The summed E-state index contributed by atoms with van der Waals surface area (Å²) in [5.41, 5.74) is 8.85. The first-order valence-electron chi connectivity index (χ1n) is 6.36. The summed E-state index contributed by atoms with van der Waals surface area (Å²) in [4.78, 5) is 12.4. The number of nitrogen functional groups attached to an aromatic ring is 1. The lowest BCUT2D eigenvalue weighted by atomic mass is 10.1. The van der Waals surface area contributed by atoms with E-state index in [1.807, 2.05) is 19.1 Å². The lowest BCUT2D eigenvalue weighted by Crippen LogP contribution is -2.14. The number of rotatable bonds is 2. The summed E-state index contributed by atoms with van der Waals surface area (Å²) >= 11 is 6.12. The van der Waals surface area contributed by atoms with Crippen molar-refractivity contribution in [2.24, 2.45) is 0 Å².